The number of thioether (sulfide) groups is 1. The van der Waals surface area contributed by atoms with Crippen LogP contribution in [0.4, 0.5) is 0 Å². The maximum absolute atomic E-state index is 14.1. The zero-order valence-electron chi connectivity index (χ0n) is 28.4. The topological polar surface area (TPSA) is 125 Å². The summed E-state index contributed by atoms with van der Waals surface area (Å²) in [5.74, 6) is -2.10. The number of nitrogens with one attached hydrogen (secondary N) is 1. The first-order chi connectivity index (χ1) is 25.6. The Hall–Kier alpha value is -4.80. The number of amides is 3. The second kappa shape index (κ2) is 18.8. The maximum Gasteiger partial charge on any atom is 0.335 e. The lowest BCUT2D eigenvalue weighted by Gasteiger charge is -2.28. The van der Waals surface area contributed by atoms with Gasteiger partial charge in [0.05, 0.1) is 24.5 Å². The third-order valence-corrected chi connectivity index (χ3v) is 10.4. The number of carboxylic acid groups (broad SMARTS) is 1. The Morgan fingerprint density at radius 3 is 2.11 bits per heavy atom. The van der Waals surface area contributed by atoms with Crippen molar-refractivity contribution in [3.8, 4) is 5.75 Å². The molecule has 4 aromatic rings. The number of nitrogens with zero attached hydrogens (tertiary/aromatic N) is 2. The van der Waals surface area contributed by atoms with Gasteiger partial charge in [-0.1, -0.05) is 109 Å². The lowest BCUT2D eigenvalue weighted by molar-refractivity contribution is -0.126. The molecule has 0 spiro atoms. The average molecular weight is 950 g/mol. The van der Waals surface area contributed by atoms with Crippen molar-refractivity contribution in [3.63, 3.8) is 0 Å². The maximum atomic E-state index is 14.1. The van der Waals surface area contributed by atoms with Gasteiger partial charge in [0, 0.05) is 5.70 Å². The first-order valence-corrected chi connectivity index (χ1v) is 19.3. The van der Waals surface area contributed by atoms with E-state index in [0.29, 0.717) is 17.0 Å². The molecule has 0 radical (unpaired) electrons. The molecule has 0 saturated carbocycles. The molecular weight excluding hydrogens is 916 g/mol. The average Bonchev–Trinajstić information content (AvgIpc) is 3.16. The van der Waals surface area contributed by atoms with E-state index in [2.05, 4.69) is 62.1 Å². The van der Waals surface area contributed by atoms with Gasteiger partial charge in [-0.2, -0.15) is 4.99 Å². The highest BCUT2D eigenvalue weighted by atomic mass is 127. The van der Waals surface area contributed by atoms with Crippen LogP contribution in [-0.4, -0.2) is 44.6 Å². The molecular formula is C41H33I2N3O6S. The highest BCUT2D eigenvalue weighted by Crippen LogP contribution is 2.32. The van der Waals surface area contributed by atoms with Crippen molar-refractivity contribution >= 4 is 91.9 Å². The summed E-state index contributed by atoms with van der Waals surface area (Å²) in [4.78, 5) is 57.9. The zero-order valence-corrected chi connectivity index (χ0v) is 33.5. The van der Waals surface area contributed by atoms with Crippen molar-refractivity contribution < 1.29 is 29.0 Å². The Bertz CT molecular complexity index is 2090. The number of carboxylic acids is 1. The van der Waals surface area contributed by atoms with E-state index in [4.69, 9.17) is 9.84 Å². The van der Waals surface area contributed by atoms with Crippen LogP contribution in [0.2, 0.25) is 0 Å². The molecule has 2 N–H and O–H groups in total. The number of aromatic carboxylic acids is 1. The zero-order chi connectivity index (χ0) is 37.9. The van der Waals surface area contributed by atoms with Crippen LogP contribution in [0.25, 0.3) is 6.08 Å². The molecule has 53 heavy (non-hydrogen) atoms. The Morgan fingerprint density at radius 2 is 1.57 bits per heavy atom. The van der Waals surface area contributed by atoms with Crippen LogP contribution in [0, 0.1) is 7.14 Å². The number of carbonyl (C=O) groups is 4. The van der Waals surface area contributed by atoms with Gasteiger partial charge in [0.25, 0.3) is 11.8 Å². The predicted octanol–water partition coefficient (Wildman–Crippen LogP) is 8.57. The smallest absolute Gasteiger partial charge is 0.335 e. The number of hydrogen-bond donors (Lipinski definition) is 2. The summed E-state index contributed by atoms with van der Waals surface area (Å²) in [6, 6.07) is 28.9. The van der Waals surface area contributed by atoms with Crippen LogP contribution >= 0.6 is 56.9 Å². The first kappa shape index (κ1) is 39.4. The molecule has 0 aromatic heterocycles. The summed E-state index contributed by atoms with van der Waals surface area (Å²) in [5, 5.41) is 12.3. The number of ether oxygens (including phenoxy) is 1. The van der Waals surface area contributed by atoms with Crippen LogP contribution in [-0.2, 0) is 21.0 Å². The largest absolute Gasteiger partial charge is 0.487 e. The summed E-state index contributed by atoms with van der Waals surface area (Å²) in [6.07, 6.45) is 8.15. The minimum atomic E-state index is -1.00. The fourth-order valence-electron chi connectivity index (χ4n) is 5.26. The van der Waals surface area contributed by atoms with Crippen molar-refractivity contribution in [2.24, 2.45) is 4.99 Å². The highest BCUT2D eigenvalue weighted by molar-refractivity contribution is 14.1. The third-order valence-electron chi connectivity index (χ3n) is 7.83. The normalized spacial score (nSPS) is 14.1. The van der Waals surface area contributed by atoms with Gasteiger partial charge in [-0.05, 0) is 111 Å². The Balaban J connectivity index is 1.38. The monoisotopic (exact) mass is 949 g/mol. The second-order valence-corrected chi connectivity index (χ2v) is 14.7. The molecule has 9 nitrogen and oxygen atoms in total. The Kier molecular flexibility index (Phi) is 14.0. The fourth-order valence-corrected chi connectivity index (χ4v) is 8.20. The number of aliphatic imine (C=N–C) groups is 1. The van der Waals surface area contributed by atoms with E-state index in [1.54, 1.807) is 55.5 Å². The first-order valence-electron chi connectivity index (χ1n) is 16.2. The van der Waals surface area contributed by atoms with E-state index in [9.17, 15) is 19.2 Å². The van der Waals surface area contributed by atoms with E-state index in [1.165, 1.54) is 23.1 Å². The molecule has 1 aliphatic rings. The summed E-state index contributed by atoms with van der Waals surface area (Å²) < 4.78 is 7.56. The van der Waals surface area contributed by atoms with Gasteiger partial charge >= 0.3 is 5.97 Å². The summed E-state index contributed by atoms with van der Waals surface area (Å²) in [5.41, 5.74) is 3.72. The fraction of sp³-hybridized carbons (Fsp3) is 0.0976. The van der Waals surface area contributed by atoms with E-state index in [1.807, 2.05) is 60.7 Å². The predicted molar refractivity (Wildman–Crippen MR) is 225 cm³/mol. The van der Waals surface area contributed by atoms with Gasteiger partial charge in [0.2, 0.25) is 5.91 Å². The van der Waals surface area contributed by atoms with Crippen molar-refractivity contribution in [2.45, 2.75) is 19.6 Å². The standard InChI is InChI=1S/C41H33I2N3O6S/c1-3-5-16-31(4-2)46-39(49)32(21-27-22-33(42)37(34(43)23-27)52-24-26-17-19-30(20-18-26)40(50)51)38(48)45-41(46)53-25-35(47)44-36(28-12-8-6-9-13-28)29-14-10-7-11-15-29/h3-23,36H,1,24-25H2,2H3,(H,44,47)(H,50,51)/b16-5-,31-4+,32-21+. The number of hydrogen-bond acceptors (Lipinski definition) is 6. The summed E-state index contributed by atoms with van der Waals surface area (Å²) >= 11 is 5.26. The molecule has 1 aliphatic heterocycles. The van der Waals surface area contributed by atoms with Crippen molar-refractivity contribution in [2.75, 3.05) is 5.75 Å². The van der Waals surface area contributed by atoms with E-state index >= 15 is 0 Å². The van der Waals surface area contributed by atoms with Crippen molar-refractivity contribution in [1.82, 2.24) is 10.2 Å². The van der Waals surface area contributed by atoms with Gasteiger partial charge in [-0.25, -0.2) is 4.79 Å². The van der Waals surface area contributed by atoms with E-state index in [-0.39, 0.29) is 34.6 Å². The van der Waals surface area contributed by atoms with E-state index in [0.717, 1.165) is 35.6 Å². The Morgan fingerprint density at radius 1 is 0.962 bits per heavy atom. The number of amidine groups is 1. The molecule has 4 aromatic carbocycles. The minimum absolute atomic E-state index is 0.0781. The molecule has 0 bridgehead atoms. The molecule has 0 aliphatic carbocycles. The number of benzene rings is 4. The van der Waals surface area contributed by atoms with Crippen LogP contribution in [0.5, 0.6) is 5.75 Å². The van der Waals surface area contributed by atoms with Crippen LogP contribution in [0.1, 0.15) is 45.6 Å². The molecule has 0 fully saturated rings. The quantitative estimate of drug-likeness (QED) is 0.0596. The van der Waals surface area contributed by atoms with Crippen LogP contribution < -0.4 is 10.1 Å². The SMILES string of the molecule is C=C/C=C\C(=C/C)N1C(=O)/C(=C/c2cc(I)c(OCc3ccc(C(=O)O)cc3)c(I)c2)C(=O)N=C1SCC(=O)NC(c1ccccc1)c1ccccc1. The minimum Gasteiger partial charge on any atom is -0.487 e. The lowest BCUT2D eigenvalue weighted by Crippen LogP contribution is -2.42. The number of rotatable bonds is 13. The van der Waals surface area contributed by atoms with Crippen molar-refractivity contribution in [1.29, 1.82) is 0 Å². The van der Waals surface area contributed by atoms with Gasteiger partial charge in [-0.3, -0.25) is 19.3 Å². The van der Waals surface area contributed by atoms with Crippen molar-refractivity contribution in [3.05, 3.63) is 174 Å². The van der Waals surface area contributed by atoms with E-state index < -0.39 is 23.8 Å². The number of carbonyl (C=O) groups excluding carboxylic acids is 3. The number of allylic oxidation sites excluding steroid dienone is 4. The molecule has 12 heteroatoms. The Labute approximate surface area is 338 Å². The molecule has 5 rings (SSSR count). The van der Waals surface area contributed by atoms with Gasteiger partial charge in [-0.15, -0.1) is 0 Å². The van der Waals surface area contributed by atoms with Gasteiger partial charge in [0.1, 0.15) is 17.9 Å². The van der Waals surface area contributed by atoms with Crippen LogP contribution in [0.15, 0.2) is 144 Å². The molecule has 0 atom stereocenters. The molecule has 3 amide bonds. The highest BCUT2D eigenvalue weighted by Gasteiger charge is 2.35. The molecule has 1 heterocycles. The lowest BCUT2D eigenvalue weighted by atomic mass is 9.99. The molecule has 268 valence electrons. The second-order valence-electron chi connectivity index (χ2n) is 11.4. The van der Waals surface area contributed by atoms with Gasteiger partial charge in [0.15, 0.2) is 5.17 Å². The third kappa shape index (κ3) is 10.2. The van der Waals surface area contributed by atoms with Crippen LogP contribution in [0.3, 0.4) is 0 Å². The number of halogens is 2. The van der Waals surface area contributed by atoms with Gasteiger partial charge < -0.3 is 15.2 Å². The molecule has 0 unspecified atom stereocenters. The molecule has 0 saturated heterocycles. The summed E-state index contributed by atoms with van der Waals surface area (Å²) in [6.45, 7) is 5.71. The summed E-state index contributed by atoms with van der Waals surface area (Å²) in [7, 11) is 0.